The highest BCUT2D eigenvalue weighted by Crippen LogP contribution is 2.19. The molecule has 2 aliphatic heterocycles. The summed E-state index contributed by atoms with van der Waals surface area (Å²) < 4.78 is 0. The monoisotopic (exact) mass is 264 g/mol. The molecule has 19 heavy (non-hydrogen) atoms. The molecule has 3 nitrogen and oxygen atoms in total. The average Bonchev–Trinajstić information content (AvgIpc) is 2.48. The molecule has 0 spiro atoms. The molecule has 0 atom stereocenters. The van der Waals surface area contributed by atoms with Gasteiger partial charge in [0, 0.05) is 25.7 Å². The lowest BCUT2D eigenvalue weighted by atomic mass is 9.94. The Balaban J connectivity index is 1.68. The lowest BCUT2D eigenvalue weighted by Crippen LogP contribution is -2.37. The van der Waals surface area contributed by atoms with Crippen molar-refractivity contribution < 1.29 is 4.79 Å². The highest BCUT2D eigenvalue weighted by Gasteiger charge is 2.20. The largest absolute Gasteiger partial charge is 0.339 e. The molecular formula is C16H28N2O. The number of piperidine rings is 2. The van der Waals surface area contributed by atoms with Crippen LogP contribution in [0.25, 0.3) is 0 Å². The summed E-state index contributed by atoms with van der Waals surface area (Å²) in [6, 6.07) is 0. The second-order valence-corrected chi connectivity index (χ2v) is 5.94. The Hall–Kier alpha value is -0.830. The standard InChI is InChI=1S/C16H28N2O/c1-2-15-8-13-18(14-9-15)16(19)7-6-12-17-10-4-3-5-11-17/h6-7,15H,2-5,8-14H2,1H3/b7-6+. The maximum Gasteiger partial charge on any atom is 0.246 e. The summed E-state index contributed by atoms with van der Waals surface area (Å²) in [7, 11) is 0. The predicted molar refractivity (Wildman–Crippen MR) is 79.0 cm³/mol. The van der Waals surface area contributed by atoms with Gasteiger partial charge < -0.3 is 4.90 Å². The molecule has 0 saturated carbocycles. The molecule has 2 heterocycles. The van der Waals surface area contributed by atoms with Crippen LogP contribution in [-0.4, -0.2) is 48.4 Å². The van der Waals surface area contributed by atoms with E-state index in [1.807, 2.05) is 4.90 Å². The Bertz CT molecular complexity index is 300. The number of likely N-dealkylation sites (tertiary alicyclic amines) is 2. The van der Waals surface area contributed by atoms with E-state index in [1.54, 1.807) is 6.08 Å². The molecule has 0 unspecified atom stereocenters. The minimum Gasteiger partial charge on any atom is -0.339 e. The van der Waals surface area contributed by atoms with Gasteiger partial charge in [0.2, 0.25) is 5.91 Å². The predicted octanol–water partition coefficient (Wildman–Crippen LogP) is 2.68. The highest BCUT2D eigenvalue weighted by atomic mass is 16.2. The molecule has 2 fully saturated rings. The van der Waals surface area contributed by atoms with E-state index in [-0.39, 0.29) is 5.91 Å². The topological polar surface area (TPSA) is 23.6 Å². The SMILES string of the molecule is CCC1CCN(C(=O)/C=C/CN2CCCCC2)CC1. The van der Waals surface area contributed by atoms with Gasteiger partial charge in [0.25, 0.3) is 0 Å². The van der Waals surface area contributed by atoms with Crippen LogP contribution >= 0.6 is 0 Å². The van der Waals surface area contributed by atoms with Crippen molar-refractivity contribution in [2.45, 2.75) is 45.4 Å². The Morgan fingerprint density at radius 3 is 2.42 bits per heavy atom. The second kappa shape index (κ2) is 7.68. The van der Waals surface area contributed by atoms with E-state index in [4.69, 9.17) is 0 Å². The Morgan fingerprint density at radius 1 is 1.11 bits per heavy atom. The summed E-state index contributed by atoms with van der Waals surface area (Å²) in [4.78, 5) is 16.5. The Kier molecular flexibility index (Phi) is 5.90. The minimum absolute atomic E-state index is 0.214. The van der Waals surface area contributed by atoms with Gasteiger partial charge in [-0.3, -0.25) is 9.69 Å². The van der Waals surface area contributed by atoms with E-state index < -0.39 is 0 Å². The molecule has 2 saturated heterocycles. The van der Waals surface area contributed by atoms with Crippen LogP contribution in [0.1, 0.15) is 45.4 Å². The van der Waals surface area contributed by atoms with Gasteiger partial charge in [-0.1, -0.05) is 25.8 Å². The molecule has 0 aromatic heterocycles. The molecule has 2 aliphatic rings. The van der Waals surface area contributed by atoms with E-state index in [0.717, 1.165) is 25.6 Å². The number of carbonyl (C=O) groups is 1. The van der Waals surface area contributed by atoms with E-state index in [1.165, 1.54) is 51.6 Å². The highest BCUT2D eigenvalue weighted by molar-refractivity contribution is 5.87. The van der Waals surface area contributed by atoms with Gasteiger partial charge in [0.15, 0.2) is 0 Å². The first-order chi connectivity index (χ1) is 9.29. The maximum absolute atomic E-state index is 12.1. The van der Waals surface area contributed by atoms with Crippen LogP contribution in [0.2, 0.25) is 0 Å². The molecule has 0 bridgehead atoms. The van der Waals surface area contributed by atoms with Gasteiger partial charge >= 0.3 is 0 Å². The Labute approximate surface area is 117 Å². The number of hydrogen-bond acceptors (Lipinski definition) is 2. The van der Waals surface area contributed by atoms with E-state index in [9.17, 15) is 4.79 Å². The zero-order valence-electron chi connectivity index (χ0n) is 12.3. The summed E-state index contributed by atoms with van der Waals surface area (Å²) in [5, 5.41) is 0. The van der Waals surface area contributed by atoms with Crippen molar-refractivity contribution in [2.75, 3.05) is 32.7 Å². The van der Waals surface area contributed by atoms with E-state index >= 15 is 0 Å². The normalized spacial score (nSPS) is 23.1. The van der Waals surface area contributed by atoms with Crippen LogP contribution in [0.15, 0.2) is 12.2 Å². The van der Waals surface area contributed by atoms with Crippen LogP contribution in [0.5, 0.6) is 0 Å². The summed E-state index contributed by atoms with van der Waals surface area (Å²) in [5.74, 6) is 1.05. The van der Waals surface area contributed by atoms with Gasteiger partial charge in [-0.2, -0.15) is 0 Å². The lowest BCUT2D eigenvalue weighted by molar-refractivity contribution is -0.127. The van der Waals surface area contributed by atoms with Crippen LogP contribution < -0.4 is 0 Å². The van der Waals surface area contributed by atoms with Crippen molar-refractivity contribution in [3.8, 4) is 0 Å². The third-order valence-corrected chi connectivity index (χ3v) is 4.58. The van der Waals surface area contributed by atoms with Crippen molar-refractivity contribution in [1.82, 2.24) is 9.80 Å². The molecule has 0 aromatic carbocycles. The quantitative estimate of drug-likeness (QED) is 0.729. The van der Waals surface area contributed by atoms with Gasteiger partial charge in [0.05, 0.1) is 0 Å². The van der Waals surface area contributed by atoms with Crippen LogP contribution in [0, 0.1) is 5.92 Å². The van der Waals surface area contributed by atoms with Crippen molar-refractivity contribution in [2.24, 2.45) is 5.92 Å². The van der Waals surface area contributed by atoms with Crippen LogP contribution in [-0.2, 0) is 4.79 Å². The van der Waals surface area contributed by atoms with Crippen LogP contribution in [0.4, 0.5) is 0 Å². The second-order valence-electron chi connectivity index (χ2n) is 5.94. The fourth-order valence-electron chi connectivity index (χ4n) is 3.11. The first-order valence-corrected chi connectivity index (χ1v) is 7.97. The van der Waals surface area contributed by atoms with Crippen molar-refractivity contribution in [3.05, 3.63) is 12.2 Å². The molecule has 0 aliphatic carbocycles. The van der Waals surface area contributed by atoms with E-state index in [2.05, 4.69) is 17.9 Å². The third kappa shape index (κ3) is 4.64. The summed E-state index contributed by atoms with van der Waals surface area (Å²) in [6.45, 7) is 7.48. The molecule has 3 heteroatoms. The van der Waals surface area contributed by atoms with Crippen molar-refractivity contribution >= 4 is 5.91 Å². The number of hydrogen-bond donors (Lipinski definition) is 0. The van der Waals surface area contributed by atoms with Gasteiger partial charge in [-0.05, 0) is 44.7 Å². The van der Waals surface area contributed by atoms with Gasteiger partial charge in [0.1, 0.15) is 0 Å². The molecule has 0 aromatic rings. The Morgan fingerprint density at radius 2 is 1.79 bits per heavy atom. The smallest absolute Gasteiger partial charge is 0.246 e. The summed E-state index contributed by atoms with van der Waals surface area (Å²) in [6.07, 6.45) is 11.5. The zero-order chi connectivity index (χ0) is 13.5. The summed E-state index contributed by atoms with van der Waals surface area (Å²) >= 11 is 0. The van der Waals surface area contributed by atoms with Crippen LogP contribution in [0.3, 0.4) is 0 Å². The fraction of sp³-hybridized carbons (Fsp3) is 0.812. The van der Waals surface area contributed by atoms with E-state index in [0.29, 0.717) is 0 Å². The molecule has 1 amide bonds. The van der Waals surface area contributed by atoms with Gasteiger partial charge in [-0.15, -0.1) is 0 Å². The summed E-state index contributed by atoms with van der Waals surface area (Å²) in [5.41, 5.74) is 0. The molecule has 0 radical (unpaired) electrons. The lowest BCUT2D eigenvalue weighted by Gasteiger charge is -2.30. The number of amides is 1. The third-order valence-electron chi connectivity index (χ3n) is 4.58. The minimum atomic E-state index is 0.214. The average molecular weight is 264 g/mol. The molecular weight excluding hydrogens is 236 g/mol. The number of nitrogens with zero attached hydrogens (tertiary/aromatic N) is 2. The first kappa shape index (κ1) is 14.6. The molecule has 0 N–H and O–H groups in total. The number of rotatable bonds is 4. The molecule has 108 valence electrons. The van der Waals surface area contributed by atoms with Crippen molar-refractivity contribution in [3.63, 3.8) is 0 Å². The maximum atomic E-state index is 12.1. The molecule has 2 rings (SSSR count). The fourth-order valence-corrected chi connectivity index (χ4v) is 3.11. The van der Waals surface area contributed by atoms with Crippen molar-refractivity contribution in [1.29, 1.82) is 0 Å². The van der Waals surface area contributed by atoms with Gasteiger partial charge in [-0.25, -0.2) is 0 Å². The zero-order valence-corrected chi connectivity index (χ0v) is 12.3. The number of carbonyl (C=O) groups excluding carboxylic acids is 1. The first-order valence-electron chi connectivity index (χ1n) is 7.97.